The number of ether oxygens (including phenoxy) is 1. The lowest BCUT2D eigenvalue weighted by Gasteiger charge is -2.19. The second-order valence-corrected chi connectivity index (χ2v) is 9.06. The summed E-state index contributed by atoms with van der Waals surface area (Å²) in [5, 5.41) is 12.4. The Kier molecular flexibility index (Phi) is 7.18. The third-order valence-electron chi connectivity index (χ3n) is 5.56. The summed E-state index contributed by atoms with van der Waals surface area (Å²) in [7, 11) is 1.54. The molecule has 1 atom stereocenters. The summed E-state index contributed by atoms with van der Waals surface area (Å²) < 4.78 is 18.6. The molecule has 6 nitrogen and oxygen atoms in total. The van der Waals surface area contributed by atoms with Crippen LogP contribution in [-0.4, -0.2) is 24.2 Å². The molecule has 35 heavy (non-hydrogen) atoms. The lowest BCUT2D eigenvalue weighted by atomic mass is 10.1. The Labute approximate surface area is 207 Å². The highest BCUT2D eigenvalue weighted by Gasteiger charge is 2.40. The molecule has 0 saturated carbocycles. The molecule has 1 N–H and O–H groups in total. The molecule has 1 saturated heterocycles. The Bertz CT molecular complexity index is 1330. The average molecular weight is 488 g/mol. The summed E-state index contributed by atoms with van der Waals surface area (Å²) >= 11 is 1.15. The number of methoxy groups -OCH3 is 1. The highest BCUT2D eigenvalue weighted by atomic mass is 32.2. The van der Waals surface area contributed by atoms with E-state index < -0.39 is 11.2 Å². The molecule has 0 aromatic heterocycles. The average Bonchev–Trinajstić information content (AvgIpc) is 3.17. The number of para-hydroxylation sites is 1. The van der Waals surface area contributed by atoms with Gasteiger partial charge in [-0.25, -0.2) is 4.39 Å². The van der Waals surface area contributed by atoms with Crippen molar-refractivity contribution in [2.24, 2.45) is 0 Å². The number of thioether (sulfide) groups is 1. The number of anilines is 2. The fraction of sp³-hybridized carbons (Fsp3) is 0.148. The molecule has 176 valence electrons. The standard InChI is InChI=1S/C27H22FN3O3S/c1-17-5-3-4-6-23(17)30-25(32)22(16-29)27-31(20-11-13-21(34-2)14-12-20)26(33)24(35-27)15-18-7-9-19(28)10-8-18/h3-14,24H,15H2,1-2H3,(H,30,32)/b27-22-. The number of carbonyl (C=O) groups excluding carboxylic acids is 2. The molecule has 1 unspecified atom stereocenters. The molecule has 4 rings (SSSR count). The van der Waals surface area contributed by atoms with E-state index in [0.29, 0.717) is 23.5 Å². The number of nitriles is 1. The van der Waals surface area contributed by atoms with Crippen LogP contribution in [0.2, 0.25) is 0 Å². The van der Waals surface area contributed by atoms with E-state index in [4.69, 9.17) is 4.74 Å². The quantitative estimate of drug-likeness (QED) is 0.381. The fourth-order valence-electron chi connectivity index (χ4n) is 3.69. The maximum absolute atomic E-state index is 13.5. The van der Waals surface area contributed by atoms with E-state index >= 15 is 0 Å². The van der Waals surface area contributed by atoms with E-state index in [-0.39, 0.29) is 22.3 Å². The van der Waals surface area contributed by atoms with E-state index in [9.17, 15) is 19.2 Å². The Hall–Kier alpha value is -4.09. The first-order valence-electron chi connectivity index (χ1n) is 10.8. The van der Waals surface area contributed by atoms with Crippen LogP contribution in [0.25, 0.3) is 0 Å². The Morgan fingerprint density at radius 2 is 1.80 bits per heavy atom. The number of aryl methyl sites for hydroxylation is 1. The SMILES string of the molecule is COc1ccc(N2C(=O)C(Cc3ccc(F)cc3)S/C2=C(/C#N)C(=O)Nc2ccccc2C)cc1. The zero-order valence-corrected chi connectivity index (χ0v) is 19.9. The second kappa shape index (κ2) is 10.5. The smallest absolute Gasteiger partial charge is 0.269 e. The van der Waals surface area contributed by atoms with Gasteiger partial charge in [0.2, 0.25) is 5.91 Å². The minimum absolute atomic E-state index is 0.163. The van der Waals surface area contributed by atoms with Crippen LogP contribution in [-0.2, 0) is 16.0 Å². The molecule has 1 aliphatic heterocycles. The van der Waals surface area contributed by atoms with E-state index in [0.717, 1.165) is 22.9 Å². The summed E-state index contributed by atoms with van der Waals surface area (Å²) in [6.45, 7) is 1.85. The van der Waals surface area contributed by atoms with Crippen molar-refractivity contribution >= 4 is 35.0 Å². The molecule has 1 aliphatic rings. The Morgan fingerprint density at radius 1 is 1.11 bits per heavy atom. The first-order chi connectivity index (χ1) is 16.9. The van der Waals surface area contributed by atoms with Crippen molar-refractivity contribution in [1.29, 1.82) is 5.26 Å². The van der Waals surface area contributed by atoms with Gasteiger partial charge in [-0.15, -0.1) is 0 Å². The van der Waals surface area contributed by atoms with E-state index in [2.05, 4.69) is 5.32 Å². The van der Waals surface area contributed by atoms with Crippen LogP contribution in [0.5, 0.6) is 5.75 Å². The molecule has 3 aromatic carbocycles. The number of halogens is 1. The van der Waals surface area contributed by atoms with Crippen LogP contribution < -0.4 is 15.0 Å². The van der Waals surface area contributed by atoms with Gasteiger partial charge in [-0.1, -0.05) is 42.1 Å². The maximum Gasteiger partial charge on any atom is 0.269 e. The number of benzene rings is 3. The zero-order chi connectivity index (χ0) is 24.9. The topological polar surface area (TPSA) is 82.4 Å². The first kappa shape index (κ1) is 24.0. The molecule has 0 radical (unpaired) electrons. The monoisotopic (exact) mass is 487 g/mol. The van der Waals surface area contributed by atoms with Crippen molar-refractivity contribution in [3.8, 4) is 11.8 Å². The van der Waals surface area contributed by atoms with Crippen molar-refractivity contribution < 1.29 is 18.7 Å². The lowest BCUT2D eigenvalue weighted by molar-refractivity contribution is -0.117. The zero-order valence-electron chi connectivity index (χ0n) is 19.1. The number of amides is 2. The summed E-state index contributed by atoms with van der Waals surface area (Å²) in [5.41, 5.74) is 2.55. The van der Waals surface area contributed by atoms with Gasteiger partial charge >= 0.3 is 0 Å². The lowest BCUT2D eigenvalue weighted by Crippen LogP contribution is -2.31. The maximum atomic E-state index is 13.5. The van der Waals surface area contributed by atoms with E-state index in [1.165, 1.54) is 17.0 Å². The predicted octanol–water partition coefficient (Wildman–Crippen LogP) is 5.21. The highest BCUT2D eigenvalue weighted by molar-refractivity contribution is 8.05. The van der Waals surface area contributed by atoms with Gasteiger partial charge in [0.25, 0.3) is 5.91 Å². The fourth-order valence-corrected chi connectivity index (χ4v) is 4.99. The molecule has 1 fully saturated rings. The van der Waals surface area contributed by atoms with Crippen molar-refractivity contribution in [2.45, 2.75) is 18.6 Å². The van der Waals surface area contributed by atoms with Gasteiger partial charge < -0.3 is 10.1 Å². The van der Waals surface area contributed by atoms with Gasteiger partial charge in [-0.3, -0.25) is 14.5 Å². The molecular formula is C27H22FN3O3S. The van der Waals surface area contributed by atoms with Crippen LogP contribution in [0.15, 0.2) is 83.4 Å². The number of rotatable bonds is 6. The van der Waals surface area contributed by atoms with Gasteiger partial charge in [0.05, 0.1) is 12.4 Å². The minimum Gasteiger partial charge on any atom is -0.497 e. The number of hydrogen-bond donors (Lipinski definition) is 1. The number of nitrogens with one attached hydrogen (secondary N) is 1. The second-order valence-electron chi connectivity index (χ2n) is 7.87. The largest absolute Gasteiger partial charge is 0.497 e. The third kappa shape index (κ3) is 5.20. The first-order valence-corrected chi connectivity index (χ1v) is 11.7. The van der Waals surface area contributed by atoms with Crippen LogP contribution >= 0.6 is 11.8 Å². The van der Waals surface area contributed by atoms with Gasteiger partial charge in [-0.2, -0.15) is 5.26 Å². The molecule has 8 heteroatoms. The molecule has 1 heterocycles. The van der Waals surface area contributed by atoms with Crippen molar-refractivity contribution in [1.82, 2.24) is 0 Å². The molecule has 0 bridgehead atoms. The van der Waals surface area contributed by atoms with Crippen molar-refractivity contribution in [3.05, 3.63) is 100 Å². The van der Waals surface area contributed by atoms with Gasteiger partial charge in [0.15, 0.2) is 0 Å². The molecule has 0 aliphatic carbocycles. The predicted molar refractivity (Wildman–Crippen MR) is 134 cm³/mol. The number of carbonyl (C=O) groups is 2. The van der Waals surface area contributed by atoms with E-state index in [1.54, 1.807) is 55.6 Å². The Balaban J connectivity index is 1.73. The van der Waals surface area contributed by atoms with Crippen molar-refractivity contribution in [3.63, 3.8) is 0 Å². The summed E-state index contributed by atoms with van der Waals surface area (Å²) in [5.74, 6) is -0.618. The summed E-state index contributed by atoms with van der Waals surface area (Å²) in [6, 6.07) is 22.0. The summed E-state index contributed by atoms with van der Waals surface area (Å²) in [4.78, 5) is 28.1. The van der Waals surface area contributed by atoms with E-state index in [1.807, 2.05) is 25.1 Å². The number of hydrogen-bond acceptors (Lipinski definition) is 5. The molecule has 3 aromatic rings. The number of nitrogens with zero attached hydrogens (tertiary/aromatic N) is 2. The minimum atomic E-state index is -0.599. The summed E-state index contributed by atoms with van der Waals surface area (Å²) in [6.07, 6.45) is 0.318. The Morgan fingerprint density at radius 3 is 2.43 bits per heavy atom. The van der Waals surface area contributed by atoms with Gasteiger partial charge in [0, 0.05) is 11.4 Å². The molecular weight excluding hydrogens is 465 g/mol. The molecule has 2 amide bonds. The highest BCUT2D eigenvalue weighted by Crippen LogP contribution is 2.42. The molecule has 0 spiro atoms. The normalized spacial score (nSPS) is 16.6. The van der Waals surface area contributed by atoms with Crippen LogP contribution in [0.4, 0.5) is 15.8 Å². The third-order valence-corrected chi connectivity index (χ3v) is 6.83. The van der Waals surface area contributed by atoms with Gasteiger partial charge in [0.1, 0.15) is 28.2 Å². The van der Waals surface area contributed by atoms with Crippen LogP contribution in [0, 0.1) is 24.1 Å². The van der Waals surface area contributed by atoms with Crippen molar-refractivity contribution in [2.75, 3.05) is 17.3 Å². The van der Waals surface area contributed by atoms with Crippen LogP contribution in [0.3, 0.4) is 0 Å². The van der Waals surface area contributed by atoms with Crippen LogP contribution in [0.1, 0.15) is 11.1 Å². The van der Waals surface area contributed by atoms with Gasteiger partial charge in [-0.05, 0) is 66.9 Å².